The van der Waals surface area contributed by atoms with Crippen molar-refractivity contribution in [2.75, 3.05) is 11.9 Å². The maximum absolute atomic E-state index is 13.6. The van der Waals surface area contributed by atoms with Crippen LogP contribution >= 0.6 is 0 Å². The number of hydrogen-bond donors (Lipinski definition) is 2. The van der Waals surface area contributed by atoms with Crippen LogP contribution in [-0.2, 0) is 6.42 Å². The molecule has 1 aromatic heterocycles. The molecule has 2 amide bonds. The molecule has 1 heterocycles. The van der Waals surface area contributed by atoms with Crippen molar-refractivity contribution in [1.82, 2.24) is 10.3 Å². The maximum Gasteiger partial charge on any atom is 0.274 e. The smallest absolute Gasteiger partial charge is 0.274 e. The standard InChI is InChI=1S/C21H17F2N3O2/c22-15-6-3-7-16(13-15)25-21(28)19-10-4-9-18(26-19)20(27)24-12-11-14-5-1-2-8-17(14)23/h1-10,13H,11-12H2,(H,24,27)(H,25,28). The first-order valence-corrected chi connectivity index (χ1v) is 8.58. The molecule has 142 valence electrons. The topological polar surface area (TPSA) is 71.1 Å². The quantitative estimate of drug-likeness (QED) is 0.686. The van der Waals surface area contributed by atoms with Crippen molar-refractivity contribution in [3.8, 4) is 0 Å². The third-order valence-corrected chi connectivity index (χ3v) is 3.93. The highest BCUT2D eigenvalue weighted by Gasteiger charge is 2.13. The molecule has 28 heavy (non-hydrogen) atoms. The van der Waals surface area contributed by atoms with E-state index in [0.717, 1.165) is 0 Å². The van der Waals surface area contributed by atoms with Gasteiger partial charge in [0.1, 0.15) is 23.0 Å². The molecular weight excluding hydrogens is 364 g/mol. The number of pyridine rings is 1. The van der Waals surface area contributed by atoms with Crippen LogP contribution in [0.2, 0.25) is 0 Å². The minimum atomic E-state index is -0.563. The van der Waals surface area contributed by atoms with Crippen molar-refractivity contribution in [2.24, 2.45) is 0 Å². The summed E-state index contributed by atoms with van der Waals surface area (Å²) in [7, 11) is 0. The van der Waals surface area contributed by atoms with Gasteiger partial charge in [0.25, 0.3) is 11.8 Å². The third kappa shape index (κ3) is 4.97. The van der Waals surface area contributed by atoms with Crippen LogP contribution in [-0.4, -0.2) is 23.3 Å². The van der Waals surface area contributed by atoms with Gasteiger partial charge in [0.15, 0.2) is 0 Å². The van der Waals surface area contributed by atoms with Crippen LogP contribution in [0, 0.1) is 11.6 Å². The Morgan fingerprint density at radius 1 is 0.857 bits per heavy atom. The van der Waals surface area contributed by atoms with Crippen LogP contribution in [0.5, 0.6) is 0 Å². The number of aromatic nitrogens is 1. The van der Waals surface area contributed by atoms with E-state index in [9.17, 15) is 18.4 Å². The lowest BCUT2D eigenvalue weighted by atomic mass is 10.1. The summed E-state index contributed by atoms with van der Waals surface area (Å²) >= 11 is 0. The number of halogens is 2. The molecule has 0 aliphatic rings. The summed E-state index contributed by atoms with van der Waals surface area (Å²) in [4.78, 5) is 28.6. The Morgan fingerprint density at radius 2 is 1.57 bits per heavy atom. The van der Waals surface area contributed by atoms with Crippen molar-refractivity contribution < 1.29 is 18.4 Å². The third-order valence-electron chi connectivity index (χ3n) is 3.93. The number of benzene rings is 2. The molecule has 5 nitrogen and oxygen atoms in total. The maximum atomic E-state index is 13.6. The summed E-state index contributed by atoms with van der Waals surface area (Å²) in [6.07, 6.45) is 0.332. The number of rotatable bonds is 6. The Morgan fingerprint density at radius 3 is 2.32 bits per heavy atom. The van der Waals surface area contributed by atoms with Crippen LogP contribution in [0.25, 0.3) is 0 Å². The minimum absolute atomic E-state index is 0.0195. The molecule has 2 N–H and O–H groups in total. The van der Waals surface area contributed by atoms with E-state index in [4.69, 9.17) is 0 Å². The van der Waals surface area contributed by atoms with Gasteiger partial charge in [-0.3, -0.25) is 9.59 Å². The predicted octanol–water partition coefficient (Wildman–Crippen LogP) is 3.58. The monoisotopic (exact) mass is 381 g/mol. The number of carbonyl (C=O) groups is 2. The van der Waals surface area contributed by atoms with Crippen LogP contribution < -0.4 is 10.6 Å². The summed E-state index contributed by atoms with van der Waals surface area (Å²) < 4.78 is 26.8. The zero-order valence-electron chi connectivity index (χ0n) is 14.8. The van der Waals surface area contributed by atoms with E-state index in [-0.39, 0.29) is 29.4 Å². The summed E-state index contributed by atoms with van der Waals surface area (Å²) in [5.74, 6) is -1.84. The summed E-state index contributed by atoms with van der Waals surface area (Å²) in [5, 5.41) is 5.17. The van der Waals surface area contributed by atoms with E-state index < -0.39 is 17.6 Å². The van der Waals surface area contributed by atoms with Crippen molar-refractivity contribution in [1.29, 1.82) is 0 Å². The minimum Gasteiger partial charge on any atom is -0.350 e. The summed E-state index contributed by atoms with van der Waals surface area (Å²) in [5.41, 5.74) is 0.858. The molecular formula is C21H17F2N3O2. The SMILES string of the molecule is O=C(NCCc1ccccc1F)c1cccc(C(=O)Nc2cccc(F)c2)n1. The highest BCUT2D eigenvalue weighted by Crippen LogP contribution is 2.11. The second kappa shape index (κ2) is 8.85. The van der Waals surface area contributed by atoms with Gasteiger partial charge in [0, 0.05) is 12.2 Å². The predicted molar refractivity (Wildman–Crippen MR) is 101 cm³/mol. The molecule has 0 fully saturated rings. The van der Waals surface area contributed by atoms with E-state index in [0.29, 0.717) is 12.0 Å². The van der Waals surface area contributed by atoms with Crippen molar-refractivity contribution in [3.05, 3.63) is 95.3 Å². The van der Waals surface area contributed by atoms with E-state index in [1.54, 1.807) is 24.3 Å². The zero-order valence-corrected chi connectivity index (χ0v) is 14.8. The van der Waals surface area contributed by atoms with Crippen LogP contribution in [0.4, 0.5) is 14.5 Å². The first-order chi connectivity index (χ1) is 13.5. The Kier molecular flexibility index (Phi) is 6.06. The lowest BCUT2D eigenvalue weighted by Gasteiger charge is -2.08. The van der Waals surface area contributed by atoms with Gasteiger partial charge in [-0.25, -0.2) is 13.8 Å². The molecule has 0 spiro atoms. The second-order valence-electron chi connectivity index (χ2n) is 5.97. The summed E-state index contributed by atoms with van der Waals surface area (Å²) in [6, 6.07) is 16.2. The van der Waals surface area contributed by atoms with Gasteiger partial charge >= 0.3 is 0 Å². The van der Waals surface area contributed by atoms with E-state index >= 15 is 0 Å². The molecule has 3 aromatic rings. The zero-order chi connectivity index (χ0) is 19.9. The van der Waals surface area contributed by atoms with Gasteiger partial charge in [-0.1, -0.05) is 30.3 Å². The Hall–Kier alpha value is -3.61. The average Bonchev–Trinajstić information content (AvgIpc) is 2.69. The summed E-state index contributed by atoms with van der Waals surface area (Å²) in [6.45, 7) is 0.223. The fourth-order valence-electron chi connectivity index (χ4n) is 2.55. The average molecular weight is 381 g/mol. The number of amides is 2. The molecule has 0 aliphatic carbocycles. The molecule has 0 saturated heterocycles. The molecule has 0 atom stereocenters. The van der Waals surface area contributed by atoms with E-state index in [2.05, 4.69) is 15.6 Å². The number of anilines is 1. The first-order valence-electron chi connectivity index (χ1n) is 8.58. The van der Waals surface area contributed by atoms with E-state index in [1.807, 2.05) is 0 Å². The lowest BCUT2D eigenvalue weighted by molar-refractivity contribution is 0.0949. The van der Waals surface area contributed by atoms with Gasteiger partial charge in [-0.15, -0.1) is 0 Å². The first kappa shape index (κ1) is 19.2. The number of nitrogens with zero attached hydrogens (tertiary/aromatic N) is 1. The number of carbonyl (C=O) groups excluding carboxylic acids is 2. The second-order valence-corrected chi connectivity index (χ2v) is 5.97. The fraction of sp³-hybridized carbons (Fsp3) is 0.0952. The highest BCUT2D eigenvalue weighted by atomic mass is 19.1. The van der Waals surface area contributed by atoms with Crippen molar-refractivity contribution in [2.45, 2.75) is 6.42 Å². The molecule has 3 rings (SSSR count). The number of nitrogens with one attached hydrogen (secondary N) is 2. The molecule has 0 saturated carbocycles. The van der Waals surface area contributed by atoms with Gasteiger partial charge < -0.3 is 10.6 Å². The van der Waals surface area contributed by atoms with Crippen LogP contribution in [0.15, 0.2) is 66.7 Å². The Labute approximate surface area is 160 Å². The van der Waals surface area contributed by atoms with Gasteiger partial charge in [-0.2, -0.15) is 0 Å². The molecule has 0 aliphatic heterocycles. The van der Waals surface area contributed by atoms with Crippen molar-refractivity contribution in [3.63, 3.8) is 0 Å². The molecule has 0 bridgehead atoms. The normalized spacial score (nSPS) is 10.4. The Balaban J connectivity index is 1.61. The molecule has 2 aromatic carbocycles. The van der Waals surface area contributed by atoms with Crippen LogP contribution in [0.1, 0.15) is 26.5 Å². The fourth-order valence-corrected chi connectivity index (χ4v) is 2.55. The van der Waals surface area contributed by atoms with Gasteiger partial charge in [-0.05, 0) is 48.4 Å². The molecule has 0 radical (unpaired) electrons. The lowest BCUT2D eigenvalue weighted by Crippen LogP contribution is -2.27. The largest absolute Gasteiger partial charge is 0.350 e. The van der Waals surface area contributed by atoms with Gasteiger partial charge in [0.2, 0.25) is 0 Å². The van der Waals surface area contributed by atoms with E-state index in [1.165, 1.54) is 42.5 Å². The molecule has 0 unspecified atom stereocenters. The Bertz CT molecular complexity index is 1010. The van der Waals surface area contributed by atoms with Crippen LogP contribution in [0.3, 0.4) is 0 Å². The van der Waals surface area contributed by atoms with Crippen molar-refractivity contribution >= 4 is 17.5 Å². The number of hydrogen-bond acceptors (Lipinski definition) is 3. The van der Waals surface area contributed by atoms with Gasteiger partial charge in [0.05, 0.1) is 0 Å². The molecule has 7 heteroatoms. The highest BCUT2D eigenvalue weighted by molar-refractivity contribution is 6.03.